The number of carbonyl (C=O) groups excluding carboxylic acids is 1. The zero-order valence-electron chi connectivity index (χ0n) is 9.70. The van der Waals surface area contributed by atoms with Gasteiger partial charge in [0.1, 0.15) is 11.2 Å². The molecule has 1 N–H and O–H groups in total. The lowest BCUT2D eigenvalue weighted by atomic mass is 10.3. The van der Waals surface area contributed by atoms with E-state index in [9.17, 15) is 4.79 Å². The van der Waals surface area contributed by atoms with Crippen LogP contribution in [-0.4, -0.2) is 5.91 Å². The van der Waals surface area contributed by atoms with Crippen LogP contribution in [0, 0.1) is 6.92 Å². The Balaban J connectivity index is 2.51. The number of thiazole rings is 1. The van der Waals surface area contributed by atoms with Crippen LogP contribution in [0.1, 0.15) is 18.9 Å². The van der Waals surface area contributed by atoms with Gasteiger partial charge in [-0.15, -0.1) is 0 Å². The maximum atomic E-state index is 11.0. The number of aromatic nitrogens is 1. The number of nitrogens with zero attached hydrogens (tertiary/aromatic N) is 1. The fraction of sp³-hybridized carbons (Fsp3) is 0.333. The molecule has 0 unspecified atom stereocenters. The van der Waals surface area contributed by atoms with E-state index in [1.807, 2.05) is 12.1 Å². The number of hydrogen-bond donors (Lipinski definition) is 1. The van der Waals surface area contributed by atoms with Crippen LogP contribution in [0.5, 0.6) is 0 Å². The van der Waals surface area contributed by atoms with Crippen LogP contribution in [0.25, 0.3) is 10.2 Å². The first-order valence-corrected chi connectivity index (χ1v) is 6.14. The van der Waals surface area contributed by atoms with Gasteiger partial charge in [0, 0.05) is 25.6 Å². The van der Waals surface area contributed by atoms with E-state index in [1.54, 1.807) is 11.3 Å². The Kier molecular flexibility index (Phi) is 2.92. The maximum absolute atomic E-state index is 11.0. The summed E-state index contributed by atoms with van der Waals surface area (Å²) in [7, 11) is 0. The van der Waals surface area contributed by atoms with Gasteiger partial charge in [0.2, 0.25) is 16.4 Å². The van der Waals surface area contributed by atoms with Crippen molar-refractivity contribution in [3.8, 4) is 0 Å². The van der Waals surface area contributed by atoms with E-state index in [2.05, 4.69) is 29.8 Å². The number of hydrogen-bond acceptors (Lipinski definition) is 2. The smallest absolute Gasteiger partial charge is 0.235 e. The minimum atomic E-state index is -0.0315. The van der Waals surface area contributed by atoms with Gasteiger partial charge >= 0.3 is 0 Å². The highest BCUT2D eigenvalue weighted by atomic mass is 32.1. The normalized spacial score (nSPS) is 10.7. The van der Waals surface area contributed by atoms with Crippen LogP contribution in [0.4, 0.5) is 5.69 Å². The summed E-state index contributed by atoms with van der Waals surface area (Å²) in [5.74, 6) is -0.0315. The zero-order valence-corrected chi connectivity index (χ0v) is 10.5. The van der Waals surface area contributed by atoms with Gasteiger partial charge in [0.15, 0.2) is 0 Å². The summed E-state index contributed by atoms with van der Waals surface area (Å²) < 4.78 is 3.49. The molecule has 3 nitrogen and oxygen atoms in total. The second-order valence-corrected chi connectivity index (χ2v) is 4.96. The van der Waals surface area contributed by atoms with Gasteiger partial charge in [-0.05, 0) is 19.1 Å². The van der Waals surface area contributed by atoms with Gasteiger partial charge in [0.25, 0.3) is 0 Å². The first-order valence-electron chi connectivity index (χ1n) is 5.32. The van der Waals surface area contributed by atoms with E-state index < -0.39 is 0 Å². The van der Waals surface area contributed by atoms with Gasteiger partial charge in [-0.3, -0.25) is 4.79 Å². The lowest BCUT2D eigenvalue weighted by molar-refractivity contribution is -0.669. The topological polar surface area (TPSA) is 33.0 Å². The molecule has 0 bridgehead atoms. The molecule has 2 rings (SSSR count). The number of anilines is 1. The predicted octanol–water partition coefficient (Wildman–Crippen LogP) is 2.48. The third kappa shape index (κ3) is 1.93. The molecule has 0 aliphatic carbocycles. The lowest BCUT2D eigenvalue weighted by Crippen LogP contribution is -2.33. The highest BCUT2D eigenvalue weighted by molar-refractivity contribution is 7.18. The van der Waals surface area contributed by atoms with E-state index in [0.717, 1.165) is 12.2 Å². The Morgan fingerprint density at radius 2 is 2.25 bits per heavy atom. The molecule has 0 saturated carbocycles. The van der Waals surface area contributed by atoms with Crippen molar-refractivity contribution in [1.82, 2.24) is 0 Å². The van der Waals surface area contributed by atoms with Crippen LogP contribution < -0.4 is 9.88 Å². The Hall–Kier alpha value is -1.42. The average molecular weight is 235 g/mol. The molecule has 84 valence electrons. The van der Waals surface area contributed by atoms with Crippen molar-refractivity contribution in [2.75, 3.05) is 5.32 Å². The van der Waals surface area contributed by atoms with Crippen LogP contribution in [-0.2, 0) is 11.3 Å². The number of benzene rings is 1. The van der Waals surface area contributed by atoms with E-state index in [-0.39, 0.29) is 5.91 Å². The van der Waals surface area contributed by atoms with Crippen LogP contribution in [0.2, 0.25) is 0 Å². The summed E-state index contributed by atoms with van der Waals surface area (Å²) in [6.45, 7) is 6.76. The molecule has 0 radical (unpaired) electrons. The molecular weight excluding hydrogens is 220 g/mol. The highest BCUT2D eigenvalue weighted by Gasteiger charge is 2.15. The summed E-state index contributed by atoms with van der Waals surface area (Å²) in [5, 5.41) is 4.09. The third-order valence-corrected chi connectivity index (χ3v) is 3.59. The second-order valence-electron chi connectivity index (χ2n) is 3.73. The fourth-order valence-corrected chi connectivity index (χ4v) is 3.00. The number of carbonyl (C=O) groups is 1. The molecule has 0 saturated heterocycles. The minimum absolute atomic E-state index is 0.0315. The molecule has 0 atom stereocenters. The maximum Gasteiger partial charge on any atom is 0.235 e. The Labute approximate surface area is 98.7 Å². The Bertz CT molecular complexity index is 545. The molecule has 0 aliphatic rings. The summed E-state index contributed by atoms with van der Waals surface area (Å²) in [4.78, 5) is 11.0. The van der Waals surface area contributed by atoms with Crippen molar-refractivity contribution in [1.29, 1.82) is 0 Å². The molecule has 1 heterocycles. The molecule has 0 spiro atoms. The van der Waals surface area contributed by atoms with Gasteiger partial charge in [-0.1, -0.05) is 11.3 Å². The molecular formula is C12H15N2OS+. The van der Waals surface area contributed by atoms with Crippen LogP contribution >= 0.6 is 11.3 Å². The first-order chi connectivity index (χ1) is 7.61. The summed E-state index contributed by atoms with van der Waals surface area (Å²) in [6.07, 6.45) is 0. The Morgan fingerprint density at radius 1 is 1.50 bits per heavy atom. The molecule has 2 aromatic rings. The third-order valence-electron chi connectivity index (χ3n) is 2.52. The van der Waals surface area contributed by atoms with Crippen molar-refractivity contribution in [2.45, 2.75) is 27.3 Å². The van der Waals surface area contributed by atoms with Crippen molar-refractivity contribution in [2.24, 2.45) is 0 Å². The quantitative estimate of drug-likeness (QED) is 0.797. The van der Waals surface area contributed by atoms with Crippen molar-refractivity contribution >= 4 is 33.1 Å². The van der Waals surface area contributed by atoms with E-state index in [1.165, 1.54) is 22.1 Å². The summed E-state index contributed by atoms with van der Waals surface area (Å²) >= 11 is 1.76. The molecule has 1 aromatic carbocycles. The minimum Gasteiger partial charge on any atom is -0.326 e. The second kappa shape index (κ2) is 4.22. The standard InChI is InChI=1S/C12H14N2OS/c1-4-14-9(3)16-12-7-10(13-8(2)15)5-6-11(12)14/h5-7H,4H2,1-3H3/p+1. The highest BCUT2D eigenvalue weighted by Crippen LogP contribution is 2.23. The van der Waals surface area contributed by atoms with Gasteiger partial charge in [-0.25, -0.2) is 0 Å². The molecule has 0 aliphatic heterocycles. The van der Waals surface area contributed by atoms with Gasteiger partial charge in [-0.2, -0.15) is 4.57 Å². The van der Waals surface area contributed by atoms with Crippen molar-refractivity contribution in [3.63, 3.8) is 0 Å². The Morgan fingerprint density at radius 3 is 2.88 bits per heavy atom. The molecule has 1 aromatic heterocycles. The summed E-state index contributed by atoms with van der Waals surface area (Å²) in [5.41, 5.74) is 2.10. The number of amides is 1. The monoisotopic (exact) mass is 235 g/mol. The first kappa shape index (κ1) is 11.1. The van der Waals surface area contributed by atoms with Gasteiger partial charge < -0.3 is 5.32 Å². The number of aryl methyl sites for hydroxylation is 2. The predicted molar refractivity (Wildman–Crippen MR) is 66.7 cm³/mol. The molecule has 16 heavy (non-hydrogen) atoms. The number of nitrogens with one attached hydrogen (secondary N) is 1. The SMILES string of the molecule is CC[n+]1c(C)sc2cc(NC(C)=O)ccc21. The van der Waals surface area contributed by atoms with Gasteiger partial charge in [0.05, 0.1) is 0 Å². The van der Waals surface area contributed by atoms with E-state index >= 15 is 0 Å². The fourth-order valence-electron chi connectivity index (χ4n) is 1.88. The zero-order chi connectivity index (χ0) is 11.7. The largest absolute Gasteiger partial charge is 0.326 e. The number of rotatable bonds is 2. The van der Waals surface area contributed by atoms with Crippen molar-refractivity contribution in [3.05, 3.63) is 23.2 Å². The number of fused-ring (bicyclic) bond motifs is 1. The van der Waals surface area contributed by atoms with E-state index in [0.29, 0.717) is 0 Å². The van der Waals surface area contributed by atoms with Crippen molar-refractivity contribution < 1.29 is 9.36 Å². The van der Waals surface area contributed by atoms with Crippen LogP contribution in [0.15, 0.2) is 18.2 Å². The molecule has 1 amide bonds. The van der Waals surface area contributed by atoms with Crippen LogP contribution in [0.3, 0.4) is 0 Å². The summed E-state index contributed by atoms with van der Waals surface area (Å²) in [6, 6.07) is 6.04. The molecule has 4 heteroatoms. The lowest BCUT2D eigenvalue weighted by Gasteiger charge is -1.99. The molecule has 0 fully saturated rings. The van der Waals surface area contributed by atoms with E-state index in [4.69, 9.17) is 0 Å². The average Bonchev–Trinajstić information content (AvgIpc) is 2.51.